The van der Waals surface area contributed by atoms with E-state index in [1.165, 1.54) is 0 Å². The van der Waals surface area contributed by atoms with Gasteiger partial charge in [0, 0.05) is 13.2 Å². The highest BCUT2D eigenvalue weighted by molar-refractivity contribution is 5.79. The lowest BCUT2D eigenvalue weighted by atomic mass is 10.3. The number of nitrogens with two attached hydrogens (primary N) is 1. The molecule has 2 rings (SSSR count). The third-order valence-electron chi connectivity index (χ3n) is 2.78. The van der Waals surface area contributed by atoms with Gasteiger partial charge < -0.3 is 15.8 Å². The van der Waals surface area contributed by atoms with Crippen molar-refractivity contribution in [2.75, 3.05) is 30.8 Å². The maximum atomic E-state index is 5.87. The van der Waals surface area contributed by atoms with Gasteiger partial charge in [0.25, 0.3) is 0 Å². The normalized spacial score (nSPS) is 10.8. The zero-order valence-corrected chi connectivity index (χ0v) is 11.2. The van der Waals surface area contributed by atoms with Gasteiger partial charge in [0.15, 0.2) is 11.6 Å². The number of nitrogen functional groups attached to an aromatic ring is 1. The summed E-state index contributed by atoms with van der Waals surface area (Å²) in [6.45, 7) is 4.28. The summed E-state index contributed by atoms with van der Waals surface area (Å²) in [5, 5.41) is 3.16. The molecule has 0 atom stereocenters. The van der Waals surface area contributed by atoms with E-state index in [1.807, 2.05) is 24.3 Å². The number of ether oxygens (including phenoxy) is 1. The van der Waals surface area contributed by atoms with Crippen molar-refractivity contribution in [3.05, 3.63) is 24.3 Å². The second-order valence-corrected chi connectivity index (χ2v) is 4.34. The highest BCUT2D eigenvalue weighted by atomic mass is 16.5. The van der Waals surface area contributed by atoms with Crippen molar-refractivity contribution < 1.29 is 4.74 Å². The zero-order valence-electron chi connectivity index (χ0n) is 11.2. The molecule has 2 aromatic rings. The number of benzene rings is 1. The van der Waals surface area contributed by atoms with Gasteiger partial charge in [0.05, 0.1) is 17.6 Å². The van der Waals surface area contributed by atoms with Crippen LogP contribution in [0.15, 0.2) is 24.3 Å². The second kappa shape index (κ2) is 6.89. The number of para-hydroxylation sites is 2. The summed E-state index contributed by atoms with van der Waals surface area (Å²) in [7, 11) is 0. The second-order valence-electron chi connectivity index (χ2n) is 4.34. The molecule has 0 bridgehead atoms. The van der Waals surface area contributed by atoms with E-state index < -0.39 is 0 Å². The first-order valence-electron chi connectivity index (χ1n) is 6.65. The molecule has 5 heteroatoms. The summed E-state index contributed by atoms with van der Waals surface area (Å²) in [6.07, 6.45) is 2.24. The molecule has 102 valence electrons. The molecular weight excluding hydrogens is 240 g/mol. The highest BCUT2D eigenvalue weighted by Gasteiger charge is 2.04. The number of hydrogen-bond acceptors (Lipinski definition) is 5. The molecule has 0 saturated heterocycles. The molecule has 0 amide bonds. The minimum atomic E-state index is 0.423. The van der Waals surface area contributed by atoms with Gasteiger partial charge in [0.1, 0.15) is 0 Å². The van der Waals surface area contributed by atoms with Crippen molar-refractivity contribution in [3.8, 4) is 0 Å². The molecule has 3 N–H and O–H groups in total. The maximum Gasteiger partial charge on any atom is 0.169 e. The fraction of sp³-hybridized carbons (Fsp3) is 0.429. The minimum absolute atomic E-state index is 0.423. The van der Waals surface area contributed by atoms with Crippen LogP contribution in [0.5, 0.6) is 0 Å². The minimum Gasteiger partial charge on any atom is -0.381 e. The lowest BCUT2D eigenvalue weighted by molar-refractivity contribution is 0.141. The molecule has 0 aliphatic carbocycles. The molecule has 0 saturated carbocycles. The molecule has 0 radical (unpaired) electrons. The quantitative estimate of drug-likeness (QED) is 0.748. The van der Waals surface area contributed by atoms with E-state index in [0.717, 1.165) is 30.5 Å². The summed E-state index contributed by atoms with van der Waals surface area (Å²) in [4.78, 5) is 8.77. The topological polar surface area (TPSA) is 73.1 Å². The Morgan fingerprint density at radius 3 is 2.63 bits per heavy atom. The SMILES string of the molecule is CCCCOCCNc1nc2ccccc2nc1N. The number of nitrogens with zero attached hydrogens (tertiary/aromatic N) is 2. The molecular formula is C14H20N4O. The van der Waals surface area contributed by atoms with Gasteiger partial charge in [0.2, 0.25) is 0 Å². The number of fused-ring (bicyclic) bond motifs is 1. The van der Waals surface area contributed by atoms with Crippen LogP contribution >= 0.6 is 0 Å². The van der Waals surface area contributed by atoms with Crippen molar-refractivity contribution in [1.82, 2.24) is 9.97 Å². The largest absolute Gasteiger partial charge is 0.381 e. The Labute approximate surface area is 113 Å². The fourth-order valence-corrected chi connectivity index (χ4v) is 1.73. The Morgan fingerprint density at radius 1 is 1.16 bits per heavy atom. The third-order valence-corrected chi connectivity index (χ3v) is 2.78. The van der Waals surface area contributed by atoms with E-state index in [2.05, 4.69) is 22.2 Å². The molecule has 0 aliphatic rings. The fourth-order valence-electron chi connectivity index (χ4n) is 1.73. The Bertz CT molecular complexity index is 530. The van der Waals surface area contributed by atoms with Gasteiger partial charge >= 0.3 is 0 Å². The highest BCUT2D eigenvalue weighted by Crippen LogP contribution is 2.17. The van der Waals surface area contributed by atoms with E-state index in [9.17, 15) is 0 Å². The Balaban J connectivity index is 1.91. The first-order valence-corrected chi connectivity index (χ1v) is 6.65. The maximum absolute atomic E-state index is 5.87. The standard InChI is InChI=1S/C14H20N4O/c1-2-3-9-19-10-8-16-14-13(15)17-11-6-4-5-7-12(11)18-14/h4-7H,2-3,8-10H2,1H3,(H2,15,17)(H,16,18). The van der Waals surface area contributed by atoms with Crippen molar-refractivity contribution in [3.63, 3.8) is 0 Å². The zero-order chi connectivity index (χ0) is 13.5. The van der Waals surface area contributed by atoms with Gasteiger partial charge in [-0.05, 0) is 18.6 Å². The Hall–Kier alpha value is -1.88. The predicted octanol–water partition coefficient (Wildman–Crippen LogP) is 2.44. The van der Waals surface area contributed by atoms with Crippen molar-refractivity contribution in [1.29, 1.82) is 0 Å². The molecule has 5 nitrogen and oxygen atoms in total. The first kappa shape index (κ1) is 13.5. The lowest BCUT2D eigenvalue weighted by Gasteiger charge is -2.09. The summed E-state index contributed by atoms with van der Waals surface area (Å²) < 4.78 is 5.47. The van der Waals surface area contributed by atoms with Crippen LogP contribution in [0.3, 0.4) is 0 Å². The van der Waals surface area contributed by atoms with Gasteiger partial charge in [-0.25, -0.2) is 9.97 Å². The third kappa shape index (κ3) is 3.79. The molecule has 0 unspecified atom stereocenters. The molecule has 1 aromatic heterocycles. The van der Waals surface area contributed by atoms with Crippen LogP contribution in [0.4, 0.5) is 11.6 Å². The van der Waals surface area contributed by atoms with Crippen LogP contribution in [0.2, 0.25) is 0 Å². The van der Waals surface area contributed by atoms with Crippen molar-refractivity contribution in [2.24, 2.45) is 0 Å². The van der Waals surface area contributed by atoms with E-state index in [-0.39, 0.29) is 0 Å². The summed E-state index contributed by atoms with van der Waals surface area (Å²) in [6, 6.07) is 7.68. The van der Waals surface area contributed by atoms with Gasteiger partial charge in [-0.3, -0.25) is 0 Å². The van der Waals surface area contributed by atoms with Crippen LogP contribution in [0, 0.1) is 0 Å². The van der Waals surface area contributed by atoms with Crippen LogP contribution in [-0.4, -0.2) is 29.7 Å². The van der Waals surface area contributed by atoms with E-state index in [0.29, 0.717) is 24.8 Å². The van der Waals surface area contributed by atoms with Crippen LogP contribution < -0.4 is 11.1 Å². The number of aromatic nitrogens is 2. The number of hydrogen-bond donors (Lipinski definition) is 2. The van der Waals surface area contributed by atoms with Gasteiger partial charge in [-0.1, -0.05) is 25.5 Å². The summed E-state index contributed by atoms with van der Waals surface area (Å²) in [5.41, 5.74) is 7.52. The van der Waals surface area contributed by atoms with E-state index in [4.69, 9.17) is 10.5 Å². The monoisotopic (exact) mass is 260 g/mol. The average molecular weight is 260 g/mol. The van der Waals surface area contributed by atoms with E-state index >= 15 is 0 Å². The Morgan fingerprint density at radius 2 is 1.89 bits per heavy atom. The number of rotatable bonds is 7. The average Bonchev–Trinajstić information content (AvgIpc) is 2.43. The first-order chi connectivity index (χ1) is 9.31. The molecule has 1 heterocycles. The lowest BCUT2D eigenvalue weighted by Crippen LogP contribution is -2.13. The number of unbranched alkanes of at least 4 members (excludes halogenated alkanes) is 1. The van der Waals surface area contributed by atoms with Crippen LogP contribution in [0.25, 0.3) is 11.0 Å². The van der Waals surface area contributed by atoms with Gasteiger partial charge in [-0.2, -0.15) is 0 Å². The van der Waals surface area contributed by atoms with Crippen molar-refractivity contribution >= 4 is 22.7 Å². The van der Waals surface area contributed by atoms with Gasteiger partial charge in [-0.15, -0.1) is 0 Å². The molecule has 1 aromatic carbocycles. The summed E-state index contributed by atoms with van der Waals surface area (Å²) in [5.74, 6) is 1.05. The molecule has 19 heavy (non-hydrogen) atoms. The predicted molar refractivity (Wildman–Crippen MR) is 78.2 cm³/mol. The molecule has 0 aliphatic heterocycles. The van der Waals surface area contributed by atoms with E-state index in [1.54, 1.807) is 0 Å². The smallest absolute Gasteiger partial charge is 0.169 e. The van der Waals surface area contributed by atoms with Crippen molar-refractivity contribution in [2.45, 2.75) is 19.8 Å². The van der Waals surface area contributed by atoms with Crippen LogP contribution in [0.1, 0.15) is 19.8 Å². The summed E-state index contributed by atoms with van der Waals surface area (Å²) >= 11 is 0. The number of anilines is 2. The Kier molecular flexibility index (Phi) is 4.92. The molecule has 0 fully saturated rings. The number of nitrogens with one attached hydrogen (secondary N) is 1. The van der Waals surface area contributed by atoms with Crippen LogP contribution in [-0.2, 0) is 4.74 Å². The molecule has 0 spiro atoms.